The maximum absolute atomic E-state index is 9.20. The van der Waals surface area contributed by atoms with Crippen LogP contribution in [0.15, 0.2) is 6.07 Å². The van der Waals surface area contributed by atoms with Crippen LogP contribution in [0.5, 0.6) is 5.88 Å². The molecule has 2 N–H and O–H groups in total. The summed E-state index contributed by atoms with van der Waals surface area (Å²) in [7, 11) is 1.58. The normalized spacial score (nSPS) is 14.2. The Hall–Kier alpha value is -1.01. The van der Waals surface area contributed by atoms with Crippen molar-refractivity contribution in [3.05, 3.63) is 11.8 Å². The third-order valence-electron chi connectivity index (χ3n) is 2.44. The highest BCUT2D eigenvalue weighted by atomic mass is 32.2. The average molecular weight is 257 g/mol. The number of methoxy groups -OCH3 is 1. The second-order valence-electron chi connectivity index (χ2n) is 3.77. The van der Waals surface area contributed by atoms with Crippen LogP contribution in [-0.2, 0) is 0 Å². The van der Waals surface area contributed by atoms with Gasteiger partial charge in [0.1, 0.15) is 0 Å². The highest BCUT2D eigenvalue weighted by molar-refractivity contribution is 7.99. The van der Waals surface area contributed by atoms with E-state index in [0.717, 1.165) is 5.69 Å². The van der Waals surface area contributed by atoms with Crippen LogP contribution in [0.3, 0.4) is 0 Å². The van der Waals surface area contributed by atoms with E-state index in [2.05, 4.69) is 15.3 Å². The van der Waals surface area contributed by atoms with E-state index in [-0.39, 0.29) is 17.9 Å². The van der Waals surface area contributed by atoms with Gasteiger partial charge in [0, 0.05) is 23.1 Å². The maximum atomic E-state index is 9.20. The molecule has 0 aromatic carbocycles. The summed E-state index contributed by atoms with van der Waals surface area (Å²) in [6.07, 6.45) is 1.97. The van der Waals surface area contributed by atoms with E-state index >= 15 is 0 Å². The zero-order chi connectivity index (χ0) is 12.8. The van der Waals surface area contributed by atoms with E-state index in [1.165, 1.54) is 0 Å². The van der Waals surface area contributed by atoms with E-state index in [1.54, 1.807) is 24.9 Å². The van der Waals surface area contributed by atoms with E-state index in [1.807, 2.05) is 20.1 Å². The second kappa shape index (κ2) is 6.66. The van der Waals surface area contributed by atoms with E-state index < -0.39 is 0 Å². The van der Waals surface area contributed by atoms with Gasteiger partial charge in [0.2, 0.25) is 11.8 Å². The molecule has 1 rings (SSSR count). The summed E-state index contributed by atoms with van der Waals surface area (Å²) < 4.78 is 5.08. The molecule has 0 aliphatic rings. The summed E-state index contributed by atoms with van der Waals surface area (Å²) in [5.41, 5.74) is 0.844. The van der Waals surface area contributed by atoms with Crippen molar-refractivity contribution >= 4 is 17.7 Å². The van der Waals surface area contributed by atoms with Crippen LogP contribution >= 0.6 is 11.8 Å². The van der Waals surface area contributed by atoms with Crippen LogP contribution in [0, 0.1) is 6.92 Å². The zero-order valence-corrected chi connectivity index (χ0v) is 11.4. The Morgan fingerprint density at radius 3 is 2.76 bits per heavy atom. The number of nitrogens with one attached hydrogen (secondary N) is 1. The molecule has 5 nitrogen and oxygen atoms in total. The summed E-state index contributed by atoms with van der Waals surface area (Å²) >= 11 is 1.61. The van der Waals surface area contributed by atoms with Crippen molar-refractivity contribution < 1.29 is 9.84 Å². The molecule has 0 saturated carbocycles. The summed E-state index contributed by atoms with van der Waals surface area (Å²) in [6, 6.07) is 1.86. The fourth-order valence-electron chi connectivity index (χ4n) is 1.44. The van der Waals surface area contributed by atoms with Crippen LogP contribution in [0.2, 0.25) is 0 Å². The molecule has 6 heteroatoms. The predicted molar refractivity (Wildman–Crippen MR) is 70.8 cm³/mol. The first-order chi connectivity index (χ1) is 8.10. The zero-order valence-electron chi connectivity index (χ0n) is 10.6. The number of hydrogen-bond acceptors (Lipinski definition) is 6. The number of rotatable bonds is 6. The number of hydrogen-bond donors (Lipinski definition) is 2. The van der Waals surface area contributed by atoms with Gasteiger partial charge >= 0.3 is 0 Å². The molecule has 0 aliphatic carbocycles. The lowest BCUT2D eigenvalue weighted by molar-refractivity contribution is 0.288. The Bertz CT molecular complexity index is 359. The average Bonchev–Trinajstić information content (AvgIpc) is 2.29. The van der Waals surface area contributed by atoms with Crippen molar-refractivity contribution in [2.45, 2.75) is 25.1 Å². The Morgan fingerprint density at radius 2 is 2.24 bits per heavy atom. The van der Waals surface area contributed by atoms with Crippen LogP contribution in [0.4, 0.5) is 5.95 Å². The number of aliphatic hydroxyl groups excluding tert-OH is 1. The molecule has 0 fully saturated rings. The molecule has 1 aromatic rings. The molecular formula is C11H19N3O2S. The number of anilines is 1. The maximum Gasteiger partial charge on any atom is 0.226 e. The van der Waals surface area contributed by atoms with Crippen LogP contribution in [-0.4, -0.2) is 46.3 Å². The SMILES string of the molecule is COc1cc(C)nc(NC(C)C(CO)SC)n1. The van der Waals surface area contributed by atoms with Crippen molar-refractivity contribution in [3.63, 3.8) is 0 Å². The molecule has 0 saturated heterocycles. The first-order valence-corrected chi connectivity index (χ1v) is 6.69. The molecule has 17 heavy (non-hydrogen) atoms. The van der Waals surface area contributed by atoms with E-state index in [9.17, 15) is 5.11 Å². The molecule has 0 amide bonds. The van der Waals surface area contributed by atoms with Crippen LogP contribution < -0.4 is 10.1 Å². The molecular weight excluding hydrogens is 238 g/mol. The quantitative estimate of drug-likeness (QED) is 0.801. The highest BCUT2D eigenvalue weighted by Crippen LogP contribution is 2.16. The molecule has 0 bridgehead atoms. The van der Waals surface area contributed by atoms with Gasteiger partial charge in [-0.2, -0.15) is 16.7 Å². The number of aromatic nitrogens is 2. The fraction of sp³-hybridized carbons (Fsp3) is 0.636. The summed E-state index contributed by atoms with van der Waals surface area (Å²) in [5, 5.41) is 12.5. The van der Waals surface area contributed by atoms with Gasteiger partial charge < -0.3 is 15.2 Å². The van der Waals surface area contributed by atoms with Gasteiger partial charge in [-0.05, 0) is 20.1 Å². The lowest BCUT2D eigenvalue weighted by Crippen LogP contribution is -2.31. The van der Waals surface area contributed by atoms with Gasteiger partial charge in [-0.1, -0.05) is 0 Å². The third kappa shape index (κ3) is 4.05. The molecule has 1 aromatic heterocycles. The molecule has 96 valence electrons. The molecule has 2 atom stereocenters. The Labute approximate surface area is 106 Å². The standard InChI is InChI=1S/C11H19N3O2S/c1-7-5-10(16-3)14-11(12-7)13-8(2)9(6-15)17-4/h5,8-9,15H,6H2,1-4H3,(H,12,13,14). The summed E-state index contributed by atoms with van der Waals surface area (Å²) in [4.78, 5) is 8.49. The molecule has 0 radical (unpaired) electrons. The smallest absolute Gasteiger partial charge is 0.226 e. The van der Waals surface area contributed by atoms with Gasteiger partial charge in [-0.3, -0.25) is 0 Å². The first-order valence-electron chi connectivity index (χ1n) is 5.40. The summed E-state index contributed by atoms with van der Waals surface area (Å²) in [5.74, 6) is 1.07. The van der Waals surface area contributed by atoms with Crippen LogP contribution in [0.25, 0.3) is 0 Å². The topological polar surface area (TPSA) is 67.3 Å². The number of aliphatic hydroxyl groups is 1. The minimum Gasteiger partial charge on any atom is -0.481 e. The van der Waals surface area contributed by atoms with Crippen molar-refractivity contribution in [1.29, 1.82) is 0 Å². The Kier molecular flexibility index (Phi) is 5.50. The largest absolute Gasteiger partial charge is 0.481 e. The third-order valence-corrected chi connectivity index (χ3v) is 3.60. The van der Waals surface area contributed by atoms with Crippen molar-refractivity contribution in [2.24, 2.45) is 0 Å². The lowest BCUT2D eigenvalue weighted by atomic mass is 10.2. The highest BCUT2D eigenvalue weighted by Gasteiger charge is 2.16. The van der Waals surface area contributed by atoms with Gasteiger partial charge in [-0.15, -0.1) is 0 Å². The molecule has 0 spiro atoms. The minimum atomic E-state index is 0.0847. The first kappa shape index (κ1) is 14.1. The monoisotopic (exact) mass is 257 g/mol. The minimum absolute atomic E-state index is 0.0847. The van der Waals surface area contributed by atoms with E-state index in [4.69, 9.17) is 4.74 Å². The molecule has 2 unspecified atom stereocenters. The van der Waals surface area contributed by atoms with E-state index in [0.29, 0.717) is 11.8 Å². The van der Waals surface area contributed by atoms with Crippen molar-refractivity contribution in [2.75, 3.05) is 25.3 Å². The molecule has 0 aliphatic heterocycles. The summed E-state index contributed by atoms with van der Waals surface area (Å²) in [6.45, 7) is 4.01. The van der Waals surface area contributed by atoms with Crippen molar-refractivity contribution in [1.82, 2.24) is 9.97 Å². The van der Waals surface area contributed by atoms with Gasteiger partial charge in [0.15, 0.2) is 0 Å². The van der Waals surface area contributed by atoms with Gasteiger partial charge in [0.05, 0.1) is 13.7 Å². The number of thioether (sulfide) groups is 1. The second-order valence-corrected chi connectivity index (χ2v) is 4.84. The number of aryl methyl sites for hydroxylation is 1. The fourth-order valence-corrected chi connectivity index (χ4v) is 2.07. The van der Waals surface area contributed by atoms with Crippen molar-refractivity contribution in [3.8, 4) is 5.88 Å². The van der Waals surface area contributed by atoms with Gasteiger partial charge in [0.25, 0.3) is 0 Å². The number of ether oxygens (including phenoxy) is 1. The molecule has 1 heterocycles. The predicted octanol–water partition coefficient (Wildman–Crippen LogP) is 1.32. The lowest BCUT2D eigenvalue weighted by Gasteiger charge is -2.21. The van der Waals surface area contributed by atoms with Crippen LogP contribution in [0.1, 0.15) is 12.6 Å². The Morgan fingerprint density at radius 1 is 1.53 bits per heavy atom. The Balaban J connectivity index is 2.76. The number of nitrogens with zero attached hydrogens (tertiary/aromatic N) is 2. The van der Waals surface area contributed by atoms with Gasteiger partial charge in [-0.25, -0.2) is 4.98 Å².